The summed E-state index contributed by atoms with van der Waals surface area (Å²) < 4.78 is 7.04. The highest BCUT2D eigenvalue weighted by atomic mass is 35.5. The summed E-state index contributed by atoms with van der Waals surface area (Å²) in [6, 6.07) is 20.2. The maximum atomic E-state index is 12.5. The number of benzene rings is 2. The number of pyridine rings is 1. The van der Waals surface area contributed by atoms with Crippen molar-refractivity contribution in [3.05, 3.63) is 77.3 Å². The molecule has 2 heterocycles. The number of hydrogen-bond donors (Lipinski definition) is 1. The van der Waals surface area contributed by atoms with Gasteiger partial charge in [-0.1, -0.05) is 48.0 Å². The topological polar surface area (TPSA) is 68.5 Å². The van der Waals surface area contributed by atoms with E-state index < -0.39 is 0 Å². The van der Waals surface area contributed by atoms with Crippen molar-refractivity contribution in [2.45, 2.75) is 0 Å². The highest BCUT2D eigenvalue weighted by Crippen LogP contribution is 2.27. The molecule has 0 aliphatic carbocycles. The predicted molar refractivity (Wildman–Crippen MR) is 104 cm³/mol. The highest BCUT2D eigenvalue weighted by Gasteiger charge is 2.16. The molecule has 0 radical (unpaired) electrons. The number of fused-ring (bicyclic) bond motifs is 1. The number of methoxy groups -OCH3 is 1. The molecule has 0 saturated heterocycles. The van der Waals surface area contributed by atoms with Crippen LogP contribution >= 0.6 is 11.6 Å². The monoisotopic (exact) mass is 378 g/mol. The summed E-state index contributed by atoms with van der Waals surface area (Å²) >= 11 is 5.95. The van der Waals surface area contributed by atoms with E-state index in [-0.39, 0.29) is 11.9 Å². The molecule has 0 saturated carbocycles. The third kappa shape index (κ3) is 3.35. The van der Waals surface area contributed by atoms with Crippen LogP contribution in [0.1, 0.15) is 10.4 Å². The zero-order valence-corrected chi connectivity index (χ0v) is 15.1. The number of amides is 1. The van der Waals surface area contributed by atoms with Crippen molar-refractivity contribution in [1.82, 2.24) is 14.6 Å². The van der Waals surface area contributed by atoms with Crippen molar-refractivity contribution < 1.29 is 9.53 Å². The lowest BCUT2D eigenvalue weighted by Crippen LogP contribution is -2.13. The predicted octanol–water partition coefficient (Wildman–Crippen LogP) is 4.31. The molecule has 7 heteroatoms. The van der Waals surface area contributed by atoms with E-state index in [1.165, 1.54) is 0 Å². The fraction of sp³-hybridized carbons (Fsp3) is 0.0500. The second kappa shape index (κ2) is 7.09. The minimum Gasteiger partial charge on any atom is -0.493 e. The minimum absolute atomic E-state index is 0.182. The number of halogens is 1. The first-order valence-corrected chi connectivity index (χ1v) is 8.59. The molecule has 0 spiro atoms. The summed E-state index contributed by atoms with van der Waals surface area (Å²) in [4.78, 5) is 16.9. The quantitative estimate of drug-likeness (QED) is 0.574. The van der Waals surface area contributed by atoms with Crippen molar-refractivity contribution >= 4 is 29.1 Å². The SMILES string of the molecule is COc1ccc(-c2ccccc2)n2nc(NC(=O)c3cccc(Cl)c3)nc12. The smallest absolute Gasteiger partial charge is 0.258 e. The first-order valence-electron chi connectivity index (χ1n) is 8.22. The number of nitrogens with zero attached hydrogens (tertiary/aromatic N) is 3. The summed E-state index contributed by atoms with van der Waals surface area (Å²) in [6.45, 7) is 0. The van der Waals surface area contributed by atoms with Gasteiger partial charge in [-0.25, -0.2) is 4.52 Å². The lowest BCUT2D eigenvalue weighted by molar-refractivity contribution is 0.102. The molecule has 134 valence electrons. The number of carbonyl (C=O) groups excluding carboxylic acids is 1. The standard InChI is InChI=1S/C20H15ClN4O2/c1-27-17-11-10-16(13-6-3-2-4-7-13)25-18(17)22-20(24-25)23-19(26)14-8-5-9-15(21)12-14/h2-12H,1H3,(H,23,24,26). The van der Waals surface area contributed by atoms with Gasteiger partial charge in [0.05, 0.1) is 12.8 Å². The van der Waals surface area contributed by atoms with E-state index in [0.717, 1.165) is 11.3 Å². The van der Waals surface area contributed by atoms with E-state index in [1.54, 1.807) is 35.9 Å². The molecule has 4 aromatic rings. The van der Waals surface area contributed by atoms with Crippen LogP contribution < -0.4 is 10.1 Å². The first-order chi connectivity index (χ1) is 13.2. The van der Waals surface area contributed by atoms with Gasteiger partial charge in [-0.15, -0.1) is 5.10 Å². The van der Waals surface area contributed by atoms with E-state index in [9.17, 15) is 4.79 Å². The lowest BCUT2D eigenvalue weighted by atomic mass is 10.1. The van der Waals surface area contributed by atoms with Crippen molar-refractivity contribution in [3.8, 4) is 17.0 Å². The summed E-state index contributed by atoms with van der Waals surface area (Å²) in [5.74, 6) is 0.403. The van der Waals surface area contributed by atoms with E-state index in [4.69, 9.17) is 16.3 Å². The van der Waals surface area contributed by atoms with Gasteiger partial charge in [0, 0.05) is 16.1 Å². The molecule has 0 atom stereocenters. The van der Waals surface area contributed by atoms with E-state index in [0.29, 0.717) is 22.0 Å². The number of hydrogen-bond acceptors (Lipinski definition) is 4. The Balaban J connectivity index is 1.76. The Hall–Kier alpha value is -3.38. The lowest BCUT2D eigenvalue weighted by Gasteiger charge is -2.06. The summed E-state index contributed by atoms with van der Waals surface area (Å²) in [7, 11) is 1.57. The molecule has 2 aromatic carbocycles. The third-order valence-electron chi connectivity index (χ3n) is 4.05. The first kappa shape index (κ1) is 17.1. The van der Waals surface area contributed by atoms with Crippen LogP contribution in [0, 0.1) is 0 Å². The fourth-order valence-electron chi connectivity index (χ4n) is 2.78. The largest absolute Gasteiger partial charge is 0.493 e. The average molecular weight is 379 g/mol. The summed E-state index contributed by atoms with van der Waals surface area (Å²) in [5, 5.41) is 7.64. The van der Waals surface area contributed by atoms with Gasteiger partial charge in [0.1, 0.15) is 0 Å². The van der Waals surface area contributed by atoms with Crippen LogP contribution in [-0.4, -0.2) is 27.6 Å². The van der Waals surface area contributed by atoms with E-state index in [2.05, 4.69) is 15.4 Å². The maximum absolute atomic E-state index is 12.5. The van der Waals surface area contributed by atoms with Crippen LogP contribution in [0.4, 0.5) is 5.95 Å². The Labute approximate surface area is 160 Å². The van der Waals surface area contributed by atoms with Gasteiger partial charge >= 0.3 is 0 Å². The summed E-state index contributed by atoms with van der Waals surface area (Å²) in [6.07, 6.45) is 0. The molecule has 27 heavy (non-hydrogen) atoms. The number of anilines is 1. The number of carbonyl (C=O) groups is 1. The van der Waals surface area contributed by atoms with Gasteiger partial charge in [0.2, 0.25) is 5.95 Å². The highest BCUT2D eigenvalue weighted by molar-refractivity contribution is 6.31. The van der Waals surface area contributed by atoms with Crippen LogP contribution in [0.3, 0.4) is 0 Å². The molecule has 0 bridgehead atoms. The Bertz CT molecular complexity index is 1130. The van der Waals surface area contributed by atoms with Gasteiger partial charge < -0.3 is 4.74 Å². The van der Waals surface area contributed by atoms with Crippen molar-refractivity contribution in [3.63, 3.8) is 0 Å². The molecule has 0 aliphatic heterocycles. The number of nitrogens with one attached hydrogen (secondary N) is 1. The zero-order chi connectivity index (χ0) is 18.8. The molecule has 0 fully saturated rings. The van der Waals surface area contributed by atoms with Gasteiger partial charge in [0.25, 0.3) is 5.91 Å². The molecular weight excluding hydrogens is 364 g/mol. The molecule has 0 aliphatic rings. The third-order valence-corrected chi connectivity index (χ3v) is 4.29. The van der Waals surface area contributed by atoms with Crippen LogP contribution in [0.15, 0.2) is 66.7 Å². The van der Waals surface area contributed by atoms with E-state index >= 15 is 0 Å². The normalized spacial score (nSPS) is 10.7. The molecule has 1 N–H and O–H groups in total. The van der Waals surface area contributed by atoms with Crippen molar-refractivity contribution in [2.24, 2.45) is 0 Å². The second-order valence-corrected chi connectivity index (χ2v) is 6.22. The van der Waals surface area contributed by atoms with Gasteiger partial charge in [-0.3, -0.25) is 10.1 Å². The van der Waals surface area contributed by atoms with E-state index in [1.807, 2.05) is 42.5 Å². The van der Waals surface area contributed by atoms with Crippen LogP contribution in [0.2, 0.25) is 5.02 Å². The van der Waals surface area contributed by atoms with Gasteiger partial charge in [0.15, 0.2) is 11.4 Å². The Kier molecular flexibility index (Phi) is 4.48. The molecule has 2 aromatic heterocycles. The van der Waals surface area contributed by atoms with Crippen molar-refractivity contribution in [1.29, 1.82) is 0 Å². The number of aromatic nitrogens is 3. The fourth-order valence-corrected chi connectivity index (χ4v) is 2.97. The molecule has 6 nitrogen and oxygen atoms in total. The molecule has 1 amide bonds. The number of rotatable bonds is 4. The molecule has 4 rings (SSSR count). The Morgan fingerprint density at radius 1 is 1.07 bits per heavy atom. The van der Waals surface area contributed by atoms with Crippen LogP contribution in [0.5, 0.6) is 5.75 Å². The molecule has 0 unspecified atom stereocenters. The molecular formula is C20H15ClN4O2. The van der Waals surface area contributed by atoms with Crippen LogP contribution in [-0.2, 0) is 0 Å². The van der Waals surface area contributed by atoms with Gasteiger partial charge in [-0.2, -0.15) is 4.98 Å². The number of ether oxygens (including phenoxy) is 1. The average Bonchev–Trinajstić information content (AvgIpc) is 3.11. The van der Waals surface area contributed by atoms with Gasteiger partial charge in [-0.05, 0) is 30.3 Å². The Morgan fingerprint density at radius 2 is 1.89 bits per heavy atom. The maximum Gasteiger partial charge on any atom is 0.258 e. The second-order valence-electron chi connectivity index (χ2n) is 5.79. The summed E-state index contributed by atoms with van der Waals surface area (Å²) in [5.41, 5.74) is 2.75. The Morgan fingerprint density at radius 3 is 2.63 bits per heavy atom. The van der Waals surface area contributed by atoms with Crippen molar-refractivity contribution in [2.75, 3.05) is 12.4 Å². The zero-order valence-electron chi connectivity index (χ0n) is 14.4. The van der Waals surface area contributed by atoms with Crippen LogP contribution in [0.25, 0.3) is 16.9 Å². The minimum atomic E-state index is -0.339.